The molecule has 37 heavy (non-hydrogen) atoms. The summed E-state index contributed by atoms with van der Waals surface area (Å²) in [6.07, 6.45) is 0. The zero-order valence-electron chi connectivity index (χ0n) is 20.3. The quantitative estimate of drug-likeness (QED) is 0.386. The number of aromatic nitrogens is 5. The number of hydrogen-bond donors (Lipinski definition) is 1. The number of likely N-dealkylation sites (tertiary alicyclic amines) is 1. The molecule has 1 amide bonds. The minimum absolute atomic E-state index is 0.0145. The van der Waals surface area contributed by atoms with Crippen LogP contribution < -0.4 is 10.6 Å². The molecule has 2 aromatic carbocycles. The number of benzene rings is 2. The van der Waals surface area contributed by atoms with Crippen LogP contribution in [0, 0.1) is 17.8 Å². The Balaban J connectivity index is 1.07. The number of nitrogens with two attached hydrogens (primary N) is 1. The van der Waals surface area contributed by atoms with Gasteiger partial charge in [-0.1, -0.05) is 53.7 Å². The van der Waals surface area contributed by atoms with E-state index in [-0.39, 0.29) is 29.4 Å². The van der Waals surface area contributed by atoms with E-state index in [1.165, 1.54) is 0 Å². The van der Waals surface area contributed by atoms with Gasteiger partial charge in [0.15, 0.2) is 0 Å². The topological polar surface area (TPSA) is 136 Å². The average Bonchev–Trinajstić information content (AvgIpc) is 3.29. The van der Waals surface area contributed by atoms with Gasteiger partial charge in [-0.05, 0) is 35.4 Å². The first-order chi connectivity index (χ1) is 18.1. The molecule has 0 radical (unpaired) electrons. The number of anilines is 3. The van der Waals surface area contributed by atoms with Crippen molar-refractivity contribution in [1.29, 1.82) is 0 Å². The molecule has 6 rings (SSSR count). The maximum atomic E-state index is 13.0. The van der Waals surface area contributed by atoms with Gasteiger partial charge in [0, 0.05) is 25.8 Å². The Morgan fingerprint density at radius 3 is 2.43 bits per heavy atom. The molecule has 2 aromatic heterocycles. The maximum Gasteiger partial charge on any atom is 0.316 e. The molecular formula is C26H26N8O3. The Morgan fingerprint density at radius 1 is 1.00 bits per heavy atom. The minimum atomic E-state index is -0.293. The molecule has 2 N–H and O–H groups in total. The molecule has 11 heteroatoms. The third-order valence-electron chi connectivity index (χ3n) is 6.97. The summed E-state index contributed by atoms with van der Waals surface area (Å²) in [6.45, 7) is 2.63. The molecule has 1 saturated heterocycles. The van der Waals surface area contributed by atoms with E-state index < -0.39 is 0 Å². The van der Waals surface area contributed by atoms with Gasteiger partial charge in [-0.3, -0.25) is 4.79 Å². The van der Waals surface area contributed by atoms with Gasteiger partial charge in [-0.2, -0.15) is 19.9 Å². The number of ether oxygens (including phenoxy) is 1. The van der Waals surface area contributed by atoms with Crippen LogP contribution in [0.1, 0.15) is 16.2 Å². The van der Waals surface area contributed by atoms with Crippen LogP contribution in [0.2, 0.25) is 0 Å². The van der Waals surface area contributed by atoms with Gasteiger partial charge >= 0.3 is 11.8 Å². The van der Waals surface area contributed by atoms with Gasteiger partial charge in [0.05, 0.1) is 13.2 Å². The van der Waals surface area contributed by atoms with Gasteiger partial charge in [-0.25, -0.2) is 0 Å². The zero-order chi connectivity index (χ0) is 25.4. The SMILES string of the molecule is CN(c1ccccc1)c1nc(N)nc(-c2noc(C(=O)N3C[C@@H]4C(COCc5ccccc5)[C@@H]4C3)n2)n1. The molecule has 2 aliphatic rings. The predicted octanol–water partition coefficient (Wildman–Crippen LogP) is 2.81. The number of nitrogen functional groups attached to an aromatic ring is 1. The predicted molar refractivity (Wildman–Crippen MR) is 135 cm³/mol. The van der Waals surface area contributed by atoms with Gasteiger partial charge in [-0.15, -0.1) is 0 Å². The van der Waals surface area contributed by atoms with Crippen LogP contribution >= 0.6 is 0 Å². The van der Waals surface area contributed by atoms with Crippen molar-refractivity contribution >= 4 is 23.5 Å². The molecule has 0 bridgehead atoms. The van der Waals surface area contributed by atoms with Crippen molar-refractivity contribution in [2.24, 2.45) is 17.8 Å². The summed E-state index contributed by atoms with van der Waals surface area (Å²) in [4.78, 5) is 33.6. The Labute approximate surface area is 213 Å². The Kier molecular flexibility index (Phi) is 5.97. The van der Waals surface area contributed by atoms with E-state index in [4.69, 9.17) is 15.0 Å². The third-order valence-corrected chi connectivity index (χ3v) is 6.97. The molecule has 3 heterocycles. The van der Waals surface area contributed by atoms with E-state index in [1.807, 2.05) is 55.6 Å². The van der Waals surface area contributed by atoms with Crippen molar-refractivity contribution in [2.45, 2.75) is 6.61 Å². The molecule has 3 atom stereocenters. The summed E-state index contributed by atoms with van der Waals surface area (Å²) in [6, 6.07) is 19.7. The highest BCUT2D eigenvalue weighted by atomic mass is 16.5. The lowest BCUT2D eigenvalue weighted by molar-refractivity contribution is 0.0676. The number of amides is 1. The first kappa shape index (κ1) is 23.0. The Morgan fingerprint density at radius 2 is 1.70 bits per heavy atom. The van der Waals surface area contributed by atoms with Gasteiger partial charge < -0.3 is 24.8 Å². The second-order valence-electron chi connectivity index (χ2n) is 9.34. The van der Waals surface area contributed by atoms with Gasteiger partial charge in [0.25, 0.3) is 0 Å². The number of piperidine rings is 1. The summed E-state index contributed by atoms with van der Waals surface area (Å²) >= 11 is 0. The number of carbonyl (C=O) groups excluding carboxylic acids is 1. The first-order valence-electron chi connectivity index (χ1n) is 12.1. The van der Waals surface area contributed by atoms with E-state index in [9.17, 15) is 4.79 Å². The fraction of sp³-hybridized carbons (Fsp3) is 0.308. The van der Waals surface area contributed by atoms with E-state index in [0.29, 0.717) is 50.0 Å². The van der Waals surface area contributed by atoms with E-state index in [2.05, 4.69) is 37.2 Å². The van der Waals surface area contributed by atoms with Crippen LogP contribution in [0.4, 0.5) is 17.6 Å². The number of nitrogens with zero attached hydrogens (tertiary/aromatic N) is 7. The lowest BCUT2D eigenvalue weighted by Gasteiger charge is -2.17. The lowest BCUT2D eigenvalue weighted by atomic mass is 10.2. The number of carbonyl (C=O) groups is 1. The second kappa shape index (κ2) is 9.58. The van der Waals surface area contributed by atoms with E-state index in [1.54, 1.807) is 9.80 Å². The Bertz CT molecular complexity index is 1390. The number of para-hydroxylation sites is 1. The zero-order valence-corrected chi connectivity index (χ0v) is 20.3. The minimum Gasteiger partial charge on any atom is -0.376 e. The molecule has 1 unspecified atom stereocenters. The van der Waals surface area contributed by atoms with Crippen LogP contribution in [0.15, 0.2) is 65.2 Å². The molecule has 1 aliphatic carbocycles. The number of fused-ring (bicyclic) bond motifs is 1. The van der Waals surface area contributed by atoms with Crippen molar-refractivity contribution in [3.05, 3.63) is 72.1 Å². The first-order valence-corrected chi connectivity index (χ1v) is 12.1. The van der Waals surface area contributed by atoms with E-state index >= 15 is 0 Å². The van der Waals surface area contributed by atoms with Crippen LogP contribution in [-0.4, -0.2) is 62.6 Å². The highest BCUT2D eigenvalue weighted by Crippen LogP contribution is 2.52. The number of hydrogen-bond acceptors (Lipinski definition) is 10. The summed E-state index contributed by atoms with van der Waals surface area (Å²) in [7, 11) is 1.82. The Hall–Kier alpha value is -4.38. The summed E-state index contributed by atoms with van der Waals surface area (Å²) in [5.74, 6) is 1.54. The number of rotatable bonds is 8. The molecular weight excluding hydrogens is 472 g/mol. The van der Waals surface area contributed by atoms with Gasteiger partial charge in [0.1, 0.15) is 0 Å². The standard InChI is InChI=1S/C26H26N8O3/c1-33(17-10-6-3-7-11-17)26-30-21(29-25(27)31-26)22-28-23(37-32-22)24(35)34-12-18-19(13-34)20(18)15-36-14-16-8-4-2-5-9-16/h2-11,18-20H,12-15H2,1H3,(H2,27,29,30,31)/t18-,19+,20?. The van der Waals surface area contributed by atoms with Crippen LogP contribution in [0.3, 0.4) is 0 Å². The summed E-state index contributed by atoms with van der Waals surface area (Å²) < 4.78 is 11.2. The third kappa shape index (κ3) is 4.73. The van der Waals surface area contributed by atoms with Crippen molar-refractivity contribution < 1.29 is 14.1 Å². The molecule has 0 spiro atoms. The fourth-order valence-electron chi connectivity index (χ4n) is 4.88. The lowest BCUT2D eigenvalue weighted by Crippen LogP contribution is -2.32. The monoisotopic (exact) mass is 498 g/mol. The van der Waals surface area contributed by atoms with Crippen LogP contribution in [0.25, 0.3) is 11.6 Å². The normalized spacial score (nSPS) is 20.0. The molecule has 2 fully saturated rings. The highest BCUT2D eigenvalue weighted by molar-refractivity contribution is 5.90. The second-order valence-corrected chi connectivity index (χ2v) is 9.34. The van der Waals surface area contributed by atoms with Crippen molar-refractivity contribution in [1.82, 2.24) is 30.0 Å². The van der Waals surface area contributed by atoms with Gasteiger partial charge in [0.2, 0.25) is 23.5 Å². The van der Waals surface area contributed by atoms with Crippen molar-refractivity contribution in [3.63, 3.8) is 0 Å². The van der Waals surface area contributed by atoms with Crippen LogP contribution in [0.5, 0.6) is 0 Å². The van der Waals surface area contributed by atoms with Crippen molar-refractivity contribution in [2.75, 3.05) is 37.4 Å². The van der Waals surface area contributed by atoms with Crippen molar-refractivity contribution in [3.8, 4) is 11.6 Å². The molecule has 188 valence electrons. The molecule has 1 aliphatic heterocycles. The molecule has 1 saturated carbocycles. The highest BCUT2D eigenvalue weighted by Gasteiger charge is 2.56. The molecule has 11 nitrogen and oxygen atoms in total. The maximum absolute atomic E-state index is 13.0. The fourth-order valence-corrected chi connectivity index (χ4v) is 4.88. The smallest absolute Gasteiger partial charge is 0.316 e. The average molecular weight is 499 g/mol. The summed E-state index contributed by atoms with van der Waals surface area (Å²) in [5, 5.41) is 3.93. The van der Waals surface area contributed by atoms with E-state index in [0.717, 1.165) is 11.3 Å². The van der Waals surface area contributed by atoms with Crippen LogP contribution in [-0.2, 0) is 11.3 Å². The summed E-state index contributed by atoms with van der Waals surface area (Å²) in [5.41, 5.74) is 7.96. The molecule has 4 aromatic rings. The largest absolute Gasteiger partial charge is 0.376 e.